The van der Waals surface area contributed by atoms with E-state index in [1.54, 1.807) is 26.8 Å². The van der Waals surface area contributed by atoms with E-state index in [9.17, 15) is 17.6 Å². The van der Waals surface area contributed by atoms with Gasteiger partial charge < -0.3 is 5.32 Å². The molecule has 0 atom stereocenters. The SMILES string of the molecule is CCN(CC)S(=O)(=O)c1ccc(Cl)c(C(=O)Nc2cc(C)ccc2F)c1. The number of halogens is 2. The van der Waals surface area contributed by atoms with Gasteiger partial charge in [0.25, 0.3) is 5.91 Å². The maximum atomic E-state index is 13.9. The third-order valence-corrected chi connectivity index (χ3v) is 6.27. The van der Waals surface area contributed by atoms with Crippen molar-refractivity contribution in [1.82, 2.24) is 4.31 Å². The summed E-state index contributed by atoms with van der Waals surface area (Å²) < 4.78 is 40.4. The van der Waals surface area contributed by atoms with Gasteiger partial charge in [-0.15, -0.1) is 0 Å². The van der Waals surface area contributed by atoms with Gasteiger partial charge in [0.1, 0.15) is 5.82 Å². The Morgan fingerprint density at radius 1 is 1.15 bits per heavy atom. The minimum Gasteiger partial charge on any atom is -0.319 e. The summed E-state index contributed by atoms with van der Waals surface area (Å²) in [5.41, 5.74) is 0.731. The quantitative estimate of drug-likeness (QED) is 0.797. The van der Waals surface area contributed by atoms with Crippen molar-refractivity contribution in [3.63, 3.8) is 0 Å². The summed E-state index contributed by atoms with van der Waals surface area (Å²) in [6, 6.07) is 8.21. The van der Waals surface area contributed by atoms with Crippen LogP contribution in [0, 0.1) is 12.7 Å². The molecule has 0 saturated carbocycles. The lowest BCUT2D eigenvalue weighted by Gasteiger charge is -2.19. The van der Waals surface area contributed by atoms with Crippen molar-refractivity contribution >= 4 is 33.2 Å². The van der Waals surface area contributed by atoms with E-state index in [2.05, 4.69) is 5.32 Å². The summed E-state index contributed by atoms with van der Waals surface area (Å²) in [6.07, 6.45) is 0. The smallest absolute Gasteiger partial charge is 0.257 e. The summed E-state index contributed by atoms with van der Waals surface area (Å²) in [6.45, 7) is 5.82. The molecule has 0 aliphatic heterocycles. The lowest BCUT2D eigenvalue weighted by molar-refractivity contribution is 0.102. The third kappa shape index (κ3) is 4.23. The van der Waals surface area contributed by atoms with Gasteiger partial charge >= 0.3 is 0 Å². The van der Waals surface area contributed by atoms with Gasteiger partial charge in [0.2, 0.25) is 10.0 Å². The zero-order chi connectivity index (χ0) is 19.5. The Morgan fingerprint density at radius 2 is 1.81 bits per heavy atom. The van der Waals surface area contributed by atoms with Crippen molar-refractivity contribution in [1.29, 1.82) is 0 Å². The van der Waals surface area contributed by atoms with E-state index in [0.29, 0.717) is 13.1 Å². The minimum atomic E-state index is -3.74. The molecule has 0 bridgehead atoms. The highest BCUT2D eigenvalue weighted by Crippen LogP contribution is 2.25. The number of hydrogen-bond acceptors (Lipinski definition) is 3. The molecular formula is C18H20ClFN2O3S. The molecule has 0 aliphatic rings. The van der Waals surface area contributed by atoms with Crippen LogP contribution in [0.2, 0.25) is 5.02 Å². The van der Waals surface area contributed by atoms with E-state index in [0.717, 1.165) is 5.56 Å². The van der Waals surface area contributed by atoms with E-state index >= 15 is 0 Å². The van der Waals surface area contributed by atoms with Crippen LogP contribution in [0.1, 0.15) is 29.8 Å². The zero-order valence-electron chi connectivity index (χ0n) is 14.7. The molecule has 140 valence electrons. The molecule has 0 aromatic heterocycles. The van der Waals surface area contributed by atoms with Crippen molar-refractivity contribution in [2.45, 2.75) is 25.7 Å². The molecule has 8 heteroatoms. The molecule has 5 nitrogen and oxygen atoms in total. The highest BCUT2D eigenvalue weighted by atomic mass is 35.5. The number of sulfonamides is 1. The first-order valence-electron chi connectivity index (χ1n) is 8.07. The highest BCUT2D eigenvalue weighted by Gasteiger charge is 2.24. The second-order valence-corrected chi connectivity index (χ2v) is 8.01. The van der Waals surface area contributed by atoms with Crippen molar-refractivity contribution < 1.29 is 17.6 Å². The lowest BCUT2D eigenvalue weighted by atomic mass is 10.2. The van der Waals surface area contributed by atoms with E-state index < -0.39 is 21.7 Å². The molecule has 1 amide bonds. The average molecular weight is 399 g/mol. The Morgan fingerprint density at radius 3 is 2.42 bits per heavy atom. The Hall–Kier alpha value is -1.96. The molecule has 0 unspecified atom stereocenters. The van der Waals surface area contributed by atoms with Gasteiger partial charge in [-0.2, -0.15) is 4.31 Å². The Bertz CT molecular complexity index is 928. The molecule has 2 rings (SSSR count). The fourth-order valence-electron chi connectivity index (χ4n) is 2.48. The number of hydrogen-bond donors (Lipinski definition) is 1. The van der Waals surface area contributed by atoms with E-state index in [1.165, 1.54) is 34.6 Å². The van der Waals surface area contributed by atoms with Crippen LogP contribution in [0.5, 0.6) is 0 Å². The number of nitrogens with zero attached hydrogens (tertiary/aromatic N) is 1. The van der Waals surface area contributed by atoms with Gasteiger partial charge in [0, 0.05) is 13.1 Å². The molecule has 0 heterocycles. The number of amides is 1. The molecule has 0 radical (unpaired) electrons. The topological polar surface area (TPSA) is 66.5 Å². The van der Waals surface area contributed by atoms with Crippen LogP contribution in [0.3, 0.4) is 0 Å². The predicted octanol–water partition coefficient (Wildman–Crippen LogP) is 4.07. The van der Waals surface area contributed by atoms with E-state index in [4.69, 9.17) is 11.6 Å². The van der Waals surface area contributed by atoms with E-state index in [1.807, 2.05) is 0 Å². The molecule has 0 saturated heterocycles. The summed E-state index contributed by atoms with van der Waals surface area (Å²) in [5, 5.41) is 2.52. The highest BCUT2D eigenvalue weighted by molar-refractivity contribution is 7.89. The van der Waals surface area contributed by atoms with Crippen molar-refractivity contribution in [3.05, 3.63) is 58.4 Å². The average Bonchev–Trinajstić information content (AvgIpc) is 2.59. The molecular weight excluding hydrogens is 379 g/mol. The summed E-state index contributed by atoms with van der Waals surface area (Å²) in [5.74, 6) is -1.27. The van der Waals surface area contributed by atoms with Crippen LogP contribution >= 0.6 is 11.6 Å². The second kappa shape index (κ2) is 8.16. The molecule has 0 fully saturated rings. The van der Waals surface area contributed by atoms with Crippen molar-refractivity contribution in [3.8, 4) is 0 Å². The number of carbonyl (C=O) groups is 1. The van der Waals surface area contributed by atoms with Crippen LogP contribution in [-0.2, 0) is 10.0 Å². The van der Waals surface area contributed by atoms with Crippen LogP contribution in [0.25, 0.3) is 0 Å². The molecule has 0 spiro atoms. The largest absolute Gasteiger partial charge is 0.319 e. The first-order valence-corrected chi connectivity index (χ1v) is 9.89. The maximum Gasteiger partial charge on any atom is 0.257 e. The van der Waals surface area contributed by atoms with Crippen LogP contribution in [-0.4, -0.2) is 31.7 Å². The summed E-state index contributed by atoms with van der Waals surface area (Å²) in [7, 11) is -3.74. The molecule has 2 aromatic carbocycles. The Kier molecular flexibility index (Phi) is 6.39. The predicted molar refractivity (Wildman–Crippen MR) is 101 cm³/mol. The molecule has 2 aromatic rings. The number of aryl methyl sites for hydroxylation is 1. The standard InChI is InChI=1S/C18H20ClFN2O3S/c1-4-22(5-2)26(24,25)13-7-8-15(19)14(11-13)18(23)21-17-10-12(3)6-9-16(17)20/h6-11H,4-5H2,1-3H3,(H,21,23). The first kappa shape index (κ1) is 20.4. The maximum absolute atomic E-state index is 13.9. The Labute approximate surface area is 157 Å². The van der Waals surface area contributed by atoms with Crippen molar-refractivity contribution in [2.24, 2.45) is 0 Å². The van der Waals surface area contributed by atoms with Gasteiger partial charge in [-0.05, 0) is 42.8 Å². The van der Waals surface area contributed by atoms with Crippen LogP contribution in [0.4, 0.5) is 10.1 Å². The number of carbonyl (C=O) groups excluding carboxylic acids is 1. The van der Waals surface area contributed by atoms with Crippen molar-refractivity contribution in [2.75, 3.05) is 18.4 Å². The summed E-state index contributed by atoms with van der Waals surface area (Å²) >= 11 is 6.06. The Balaban J connectivity index is 2.41. The fourth-order valence-corrected chi connectivity index (χ4v) is 4.16. The van der Waals surface area contributed by atoms with Gasteiger partial charge in [0.05, 0.1) is 21.2 Å². The lowest BCUT2D eigenvalue weighted by Crippen LogP contribution is -2.30. The molecule has 26 heavy (non-hydrogen) atoms. The second-order valence-electron chi connectivity index (χ2n) is 5.67. The monoisotopic (exact) mass is 398 g/mol. The zero-order valence-corrected chi connectivity index (χ0v) is 16.3. The number of nitrogens with one attached hydrogen (secondary N) is 1. The van der Waals surface area contributed by atoms with Crippen LogP contribution in [0.15, 0.2) is 41.3 Å². The summed E-state index contributed by atoms with van der Waals surface area (Å²) in [4.78, 5) is 12.5. The van der Waals surface area contributed by atoms with Gasteiger partial charge in [0.15, 0.2) is 0 Å². The third-order valence-electron chi connectivity index (χ3n) is 3.90. The van der Waals surface area contributed by atoms with Gasteiger partial charge in [-0.3, -0.25) is 4.79 Å². The molecule has 0 aliphatic carbocycles. The fraction of sp³-hybridized carbons (Fsp3) is 0.278. The first-order chi connectivity index (χ1) is 12.2. The normalized spacial score (nSPS) is 11.6. The number of benzene rings is 2. The van der Waals surface area contributed by atoms with Crippen LogP contribution < -0.4 is 5.32 Å². The number of anilines is 1. The number of rotatable bonds is 6. The molecule has 1 N–H and O–H groups in total. The van der Waals surface area contributed by atoms with Gasteiger partial charge in [-0.1, -0.05) is 31.5 Å². The minimum absolute atomic E-state index is 0.00284. The van der Waals surface area contributed by atoms with Gasteiger partial charge in [-0.25, -0.2) is 12.8 Å². The van der Waals surface area contributed by atoms with E-state index in [-0.39, 0.29) is 21.2 Å².